The van der Waals surface area contributed by atoms with Gasteiger partial charge < -0.3 is 5.32 Å². The molecule has 0 unspecified atom stereocenters. The smallest absolute Gasteiger partial charge is 0.112 e. The predicted molar refractivity (Wildman–Crippen MR) is 88.4 cm³/mol. The number of fused-ring (bicyclic) bond motifs is 1. The van der Waals surface area contributed by atoms with Gasteiger partial charge in [0.15, 0.2) is 0 Å². The molecule has 102 valence electrons. The number of rotatable bonds is 3. The lowest BCUT2D eigenvalue weighted by atomic mass is 10.2. The van der Waals surface area contributed by atoms with Gasteiger partial charge in [0.05, 0.1) is 11.2 Å². The molecule has 0 aromatic carbocycles. The maximum atomic E-state index is 4.45. The maximum Gasteiger partial charge on any atom is 0.112 e. The molecular weight excluding hydrogens is 334 g/mol. The summed E-state index contributed by atoms with van der Waals surface area (Å²) in [6, 6.07) is 6.18. The molecule has 3 nitrogen and oxygen atoms in total. The number of hydrogen-bond donors (Lipinski definition) is 1. The largest absolute Gasteiger partial charge is 0.378 e. The highest BCUT2D eigenvalue weighted by Crippen LogP contribution is 2.25. The van der Waals surface area contributed by atoms with Gasteiger partial charge in [-0.25, -0.2) is 0 Å². The van der Waals surface area contributed by atoms with Gasteiger partial charge in [-0.15, -0.1) is 11.3 Å². The van der Waals surface area contributed by atoms with Crippen molar-refractivity contribution < 1.29 is 0 Å². The minimum atomic E-state index is 0.816. The number of nitrogens with zero attached hydrogens (tertiary/aromatic N) is 2. The predicted octanol–water partition coefficient (Wildman–Crippen LogP) is 4.68. The van der Waals surface area contributed by atoms with E-state index in [1.165, 1.54) is 15.3 Å². The van der Waals surface area contributed by atoms with Crippen molar-refractivity contribution in [1.29, 1.82) is 0 Å². The zero-order chi connectivity index (χ0) is 14.1. The van der Waals surface area contributed by atoms with Crippen LogP contribution in [-0.2, 0) is 6.54 Å². The summed E-state index contributed by atoms with van der Waals surface area (Å²) < 4.78 is 0.944. The molecule has 0 bridgehead atoms. The van der Waals surface area contributed by atoms with Crippen LogP contribution in [0.5, 0.6) is 0 Å². The van der Waals surface area contributed by atoms with E-state index in [0.29, 0.717) is 0 Å². The van der Waals surface area contributed by atoms with Crippen LogP contribution < -0.4 is 5.32 Å². The molecule has 0 aliphatic carbocycles. The number of anilines is 1. The summed E-state index contributed by atoms with van der Waals surface area (Å²) in [5.74, 6) is 0. The van der Waals surface area contributed by atoms with Crippen LogP contribution in [-0.4, -0.2) is 9.97 Å². The third-order valence-corrected chi connectivity index (χ3v) is 4.80. The molecular formula is C15H14BrN3S. The van der Waals surface area contributed by atoms with Gasteiger partial charge in [-0.3, -0.25) is 9.97 Å². The van der Waals surface area contributed by atoms with E-state index < -0.39 is 0 Å². The van der Waals surface area contributed by atoms with E-state index in [2.05, 4.69) is 51.1 Å². The standard InChI is InChI=1S/C15H14BrN3S/c1-9-5-12(20-10(9)2)8-18-13-3-4-17-14-6-11(16)7-19-15(13)14/h3-7H,8H2,1-2H3,(H,17,18). The van der Waals surface area contributed by atoms with Gasteiger partial charge in [0.1, 0.15) is 5.52 Å². The Morgan fingerprint density at radius 1 is 1.25 bits per heavy atom. The van der Waals surface area contributed by atoms with E-state index in [9.17, 15) is 0 Å². The van der Waals surface area contributed by atoms with Gasteiger partial charge in [-0.2, -0.15) is 0 Å². The SMILES string of the molecule is Cc1cc(CNc2ccnc3cc(Br)cnc23)sc1C. The molecule has 0 saturated carbocycles. The average molecular weight is 348 g/mol. The van der Waals surface area contributed by atoms with Gasteiger partial charge in [0.2, 0.25) is 0 Å². The lowest BCUT2D eigenvalue weighted by Crippen LogP contribution is -1.99. The van der Waals surface area contributed by atoms with E-state index in [1.54, 1.807) is 6.20 Å². The third-order valence-electron chi connectivity index (χ3n) is 3.21. The summed E-state index contributed by atoms with van der Waals surface area (Å²) in [5.41, 5.74) is 4.17. The first kappa shape index (κ1) is 13.5. The minimum Gasteiger partial charge on any atom is -0.378 e. The van der Waals surface area contributed by atoms with Crippen LogP contribution in [0.3, 0.4) is 0 Å². The van der Waals surface area contributed by atoms with Crippen molar-refractivity contribution in [1.82, 2.24) is 9.97 Å². The molecule has 0 amide bonds. The quantitative estimate of drug-likeness (QED) is 0.747. The normalized spacial score (nSPS) is 10.9. The molecule has 0 saturated heterocycles. The molecule has 3 heterocycles. The van der Waals surface area contributed by atoms with E-state index >= 15 is 0 Å². The highest BCUT2D eigenvalue weighted by atomic mass is 79.9. The second kappa shape index (κ2) is 5.50. The Balaban J connectivity index is 1.87. The number of aromatic nitrogens is 2. The summed E-state index contributed by atoms with van der Waals surface area (Å²) in [5, 5.41) is 3.46. The summed E-state index contributed by atoms with van der Waals surface area (Å²) in [6.07, 6.45) is 3.61. The van der Waals surface area contributed by atoms with Crippen molar-refractivity contribution in [3.8, 4) is 0 Å². The van der Waals surface area contributed by atoms with E-state index in [0.717, 1.165) is 27.7 Å². The van der Waals surface area contributed by atoms with Gasteiger partial charge in [-0.1, -0.05) is 0 Å². The van der Waals surface area contributed by atoms with Crippen molar-refractivity contribution in [3.05, 3.63) is 50.4 Å². The van der Waals surface area contributed by atoms with Crippen LogP contribution >= 0.6 is 27.3 Å². The topological polar surface area (TPSA) is 37.8 Å². The van der Waals surface area contributed by atoms with Crippen molar-refractivity contribution in [2.24, 2.45) is 0 Å². The lowest BCUT2D eigenvalue weighted by molar-refractivity contribution is 1.18. The molecule has 3 rings (SSSR count). The first-order chi connectivity index (χ1) is 9.63. The maximum absolute atomic E-state index is 4.45. The van der Waals surface area contributed by atoms with Crippen LogP contribution in [0.1, 0.15) is 15.3 Å². The number of thiophene rings is 1. The number of hydrogen-bond acceptors (Lipinski definition) is 4. The molecule has 5 heteroatoms. The average Bonchev–Trinajstić information content (AvgIpc) is 2.75. The summed E-state index contributed by atoms with van der Waals surface area (Å²) >= 11 is 5.26. The van der Waals surface area contributed by atoms with Gasteiger partial charge in [0.25, 0.3) is 0 Å². The van der Waals surface area contributed by atoms with Crippen LogP contribution in [0.2, 0.25) is 0 Å². The number of nitrogens with one attached hydrogen (secondary N) is 1. The molecule has 0 spiro atoms. The molecule has 0 atom stereocenters. The Labute approximate surface area is 130 Å². The molecule has 20 heavy (non-hydrogen) atoms. The van der Waals surface area contributed by atoms with Crippen LogP contribution in [0.4, 0.5) is 5.69 Å². The van der Waals surface area contributed by atoms with Crippen molar-refractivity contribution in [2.75, 3.05) is 5.32 Å². The molecule has 3 aromatic rings. The Morgan fingerprint density at radius 3 is 2.85 bits per heavy atom. The Bertz CT molecular complexity index is 747. The van der Waals surface area contributed by atoms with E-state index in [-0.39, 0.29) is 0 Å². The highest BCUT2D eigenvalue weighted by molar-refractivity contribution is 9.10. The zero-order valence-corrected chi connectivity index (χ0v) is 13.7. The van der Waals surface area contributed by atoms with Gasteiger partial charge in [-0.05, 0) is 53.5 Å². The fourth-order valence-electron chi connectivity index (χ4n) is 2.07. The fourth-order valence-corrected chi connectivity index (χ4v) is 3.38. The Morgan fingerprint density at radius 2 is 2.10 bits per heavy atom. The molecule has 1 N–H and O–H groups in total. The molecule has 0 fully saturated rings. The molecule has 3 aromatic heterocycles. The summed E-state index contributed by atoms with van der Waals surface area (Å²) in [7, 11) is 0. The first-order valence-corrected chi connectivity index (χ1v) is 7.94. The second-order valence-corrected chi connectivity index (χ2v) is 6.94. The summed E-state index contributed by atoms with van der Waals surface area (Å²) in [4.78, 5) is 11.5. The van der Waals surface area contributed by atoms with Crippen LogP contribution in [0, 0.1) is 13.8 Å². The number of aryl methyl sites for hydroxylation is 2. The lowest BCUT2D eigenvalue weighted by Gasteiger charge is -2.07. The molecule has 0 aliphatic rings. The first-order valence-electron chi connectivity index (χ1n) is 6.33. The monoisotopic (exact) mass is 347 g/mol. The number of pyridine rings is 2. The molecule has 0 aliphatic heterocycles. The third kappa shape index (κ3) is 2.69. The Kier molecular flexibility index (Phi) is 3.72. The molecule has 0 radical (unpaired) electrons. The summed E-state index contributed by atoms with van der Waals surface area (Å²) in [6.45, 7) is 5.12. The van der Waals surface area contributed by atoms with Crippen LogP contribution in [0.15, 0.2) is 35.1 Å². The van der Waals surface area contributed by atoms with Crippen molar-refractivity contribution >= 4 is 44.0 Å². The number of halogens is 1. The van der Waals surface area contributed by atoms with Crippen LogP contribution in [0.25, 0.3) is 11.0 Å². The minimum absolute atomic E-state index is 0.816. The van der Waals surface area contributed by atoms with E-state index in [4.69, 9.17) is 0 Å². The second-order valence-electron chi connectivity index (χ2n) is 4.69. The van der Waals surface area contributed by atoms with Gasteiger partial charge >= 0.3 is 0 Å². The fraction of sp³-hybridized carbons (Fsp3) is 0.200. The Hall–Kier alpha value is -1.46. The highest BCUT2D eigenvalue weighted by Gasteiger charge is 2.05. The van der Waals surface area contributed by atoms with Gasteiger partial charge in [0, 0.05) is 33.2 Å². The van der Waals surface area contributed by atoms with Crippen molar-refractivity contribution in [3.63, 3.8) is 0 Å². The zero-order valence-electron chi connectivity index (χ0n) is 11.3. The van der Waals surface area contributed by atoms with E-state index in [1.807, 2.05) is 29.7 Å². The van der Waals surface area contributed by atoms with Crippen molar-refractivity contribution in [2.45, 2.75) is 20.4 Å².